The third-order valence-electron chi connectivity index (χ3n) is 4.51. The number of hydrogen-bond acceptors (Lipinski definition) is 2. The average molecular weight is 432 g/mol. The Morgan fingerprint density at radius 2 is 1.43 bits per heavy atom. The second kappa shape index (κ2) is 8.37. The van der Waals surface area contributed by atoms with Gasteiger partial charge in [-0.15, -0.1) is 0 Å². The standard InChI is InChI=1S/C20H18F6N2O2/c1-10-3-4-12(5-11(10)2)6-16(17(27)29)28-18(30)13-7-14(19(21,22)23)9-15(8-13)20(24,25)26/h3-5,7-9,16H,6H2,1-2H3,(H2,27,29)(H,28,30)/t16-/m1/s1. The van der Waals surface area contributed by atoms with E-state index in [-0.39, 0.29) is 12.5 Å². The highest BCUT2D eigenvalue weighted by molar-refractivity contribution is 5.97. The molecule has 0 aliphatic rings. The van der Waals surface area contributed by atoms with Crippen molar-refractivity contribution in [3.05, 3.63) is 69.8 Å². The number of primary amides is 1. The quantitative estimate of drug-likeness (QED) is 0.697. The summed E-state index contributed by atoms with van der Waals surface area (Å²) in [6.45, 7) is 3.68. The zero-order chi connectivity index (χ0) is 22.9. The van der Waals surface area contributed by atoms with Crippen molar-refractivity contribution in [1.82, 2.24) is 5.32 Å². The second-order valence-corrected chi connectivity index (χ2v) is 6.85. The largest absolute Gasteiger partial charge is 0.416 e. The van der Waals surface area contributed by atoms with Gasteiger partial charge < -0.3 is 11.1 Å². The van der Waals surface area contributed by atoms with Gasteiger partial charge in [-0.3, -0.25) is 9.59 Å². The summed E-state index contributed by atoms with van der Waals surface area (Å²) in [6.07, 6.45) is -10.3. The molecule has 2 aromatic carbocycles. The molecule has 0 radical (unpaired) electrons. The van der Waals surface area contributed by atoms with Gasteiger partial charge in [-0.25, -0.2) is 0 Å². The summed E-state index contributed by atoms with van der Waals surface area (Å²) >= 11 is 0. The summed E-state index contributed by atoms with van der Waals surface area (Å²) < 4.78 is 77.8. The Kier molecular flexibility index (Phi) is 6.48. The first-order valence-corrected chi connectivity index (χ1v) is 8.64. The molecule has 2 aromatic rings. The molecule has 30 heavy (non-hydrogen) atoms. The van der Waals surface area contributed by atoms with Crippen molar-refractivity contribution < 1.29 is 35.9 Å². The highest BCUT2D eigenvalue weighted by atomic mass is 19.4. The second-order valence-electron chi connectivity index (χ2n) is 6.85. The lowest BCUT2D eigenvalue weighted by Crippen LogP contribution is -2.46. The van der Waals surface area contributed by atoms with Crippen molar-refractivity contribution in [2.24, 2.45) is 5.73 Å². The number of aryl methyl sites for hydroxylation is 2. The predicted molar refractivity (Wildman–Crippen MR) is 96.5 cm³/mol. The van der Waals surface area contributed by atoms with Crippen LogP contribution in [0.3, 0.4) is 0 Å². The van der Waals surface area contributed by atoms with E-state index >= 15 is 0 Å². The maximum Gasteiger partial charge on any atom is 0.416 e. The van der Waals surface area contributed by atoms with E-state index in [9.17, 15) is 35.9 Å². The predicted octanol–water partition coefficient (Wildman–Crippen LogP) is 4.17. The van der Waals surface area contributed by atoms with Gasteiger partial charge in [-0.1, -0.05) is 18.2 Å². The summed E-state index contributed by atoms with van der Waals surface area (Å²) in [6, 6.07) is 4.35. The van der Waals surface area contributed by atoms with Crippen molar-refractivity contribution >= 4 is 11.8 Å². The highest BCUT2D eigenvalue weighted by Crippen LogP contribution is 2.36. The molecular formula is C20H18F6N2O2. The van der Waals surface area contributed by atoms with Gasteiger partial charge in [0, 0.05) is 12.0 Å². The molecule has 1 atom stereocenters. The van der Waals surface area contributed by atoms with E-state index in [4.69, 9.17) is 5.73 Å². The van der Waals surface area contributed by atoms with Crippen LogP contribution in [0.4, 0.5) is 26.3 Å². The van der Waals surface area contributed by atoms with Crippen LogP contribution in [-0.4, -0.2) is 17.9 Å². The van der Waals surface area contributed by atoms with Crippen LogP contribution in [0.15, 0.2) is 36.4 Å². The van der Waals surface area contributed by atoms with Gasteiger partial charge in [-0.2, -0.15) is 26.3 Å². The minimum atomic E-state index is -5.10. The topological polar surface area (TPSA) is 72.2 Å². The molecule has 0 saturated carbocycles. The van der Waals surface area contributed by atoms with E-state index in [0.29, 0.717) is 17.7 Å². The Hall–Kier alpha value is -3.04. The number of alkyl halides is 6. The number of benzene rings is 2. The molecule has 4 nitrogen and oxygen atoms in total. The average Bonchev–Trinajstić information content (AvgIpc) is 2.62. The first kappa shape index (κ1) is 23.2. The van der Waals surface area contributed by atoms with Crippen molar-refractivity contribution in [2.75, 3.05) is 0 Å². The maximum atomic E-state index is 13.0. The fourth-order valence-corrected chi connectivity index (χ4v) is 2.72. The van der Waals surface area contributed by atoms with Gasteiger partial charge in [0.2, 0.25) is 5.91 Å². The van der Waals surface area contributed by atoms with Gasteiger partial charge in [0.15, 0.2) is 0 Å². The minimum Gasteiger partial charge on any atom is -0.368 e. The summed E-state index contributed by atoms with van der Waals surface area (Å²) in [5, 5.41) is 2.12. The number of hydrogen-bond donors (Lipinski definition) is 2. The van der Waals surface area contributed by atoms with Crippen molar-refractivity contribution in [3.8, 4) is 0 Å². The highest BCUT2D eigenvalue weighted by Gasteiger charge is 2.37. The first-order valence-electron chi connectivity index (χ1n) is 8.64. The summed E-state index contributed by atoms with van der Waals surface area (Å²) in [5.74, 6) is -2.26. The first-order chi connectivity index (χ1) is 13.7. The van der Waals surface area contributed by atoms with E-state index in [1.807, 2.05) is 13.8 Å². The molecule has 0 saturated heterocycles. The molecule has 0 spiro atoms. The van der Waals surface area contributed by atoms with Crippen molar-refractivity contribution in [3.63, 3.8) is 0 Å². The summed E-state index contributed by atoms with van der Waals surface area (Å²) in [7, 11) is 0. The Balaban J connectivity index is 2.35. The molecule has 0 aromatic heterocycles. The molecule has 0 fully saturated rings. The lowest BCUT2D eigenvalue weighted by atomic mass is 9.99. The van der Waals surface area contributed by atoms with Crippen LogP contribution in [0.2, 0.25) is 0 Å². The molecule has 2 amide bonds. The van der Waals surface area contributed by atoms with Gasteiger partial charge in [-0.05, 0) is 48.7 Å². The Morgan fingerprint density at radius 3 is 1.87 bits per heavy atom. The normalized spacial score (nSPS) is 13.1. The third-order valence-corrected chi connectivity index (χ3v) is 4.51. The minimum absolute atomic E-state index is 0.0761. The molecule has 0 aliphatic carbocycles. The number of carbonyl (C=O) groups is 2. The molecule has 10 heteroatoms. The van der Waals surface area contributed by atoms with Gasteiger partial charge in [0.05, 0.1) is 11.1 Å². The Labute approximate surface area is 168 Å². The van der Waals surface area contributed by atoms with E-state index in [2.05, 4.69) is 5.32 Å². The molecule has 2 rings (SSSR count). The fourth-order valence-electron chi connectivity index (χ4n) is 2.72. The van der Waals surface area contributed by atoms with Gasteiger partial charge in [0.1, 0.15) is 6.04 Å². The SMILES string of the molecule is Cc1ccc(C[C@@H](NC(=O)c2cc(C(F)(F)F)cc(C(F)(F)F)c2)C(N)=O)cc1C. The van der Waals surface area contributed by atoms with Crippen LogP contribution in [0.25, 0.3) is 0 Å². The van der Waals surface area contributed by atoms with Gasteiger partial charge in [0.25, 0.3) is 5.91 Å². The number of nitrogens with one attached hydrogen (secondary N) is 1. The van der Waals surface area contributed by atoms with E-state index in [1.54, 1.807) is 18.2 Å². The van der Waals surface area contributed by atoms with E-state index in [0.717, 1.165) is 11.1 Å². The molecule has 0 unspecified atom stereocenters. The third kappa shape index (κ3) is 5.74. The Morgan fingerprint density at radius 1 is 0.900 bits per heavy atom. The number of halogens is 6. The number of nitrogens with two attached hydrogens (primary N) is 1. The van der Waals surface area contributed by atoms with Crippen LogP contribution in [0.5, 0.6) is 0 Å². The van der Waals surface area contributed by atoms with E-state index < -0.39 is 46.9 Å². The van der Waals surface area contributed by atoms with Gasteiger partial charge >= 0.3 is 12.4 Å². The Bertz CT molecular complexity index is 934. The summed E-state index contributed by atoms with van der Waals surface area (Å²) in [5.41, 5.74) is 3.60. The zero-order valence-corrected chi connectivity index (χ0v) is 15.9. The fraction of sp³-hybridized carbons (Fsp3) is 0.300. The van der Waals surface area contributed by atoms with Crippen LogP contribution >= 0.6 is 0 Å². The van der Waals surface area contributed by atoms with Crippen LogP contribution in [0.1, 0.15) is 38.2 Å². The van der Waals surface area contributed by atoms with Crippen molar-refractivity contribution in [1.29, 1.82) is 0 Å². The molecule has 0 bridgehead atoms. The van der Waals surface area contributed by atoms with E-state index in [1.165, 1.54) is 0 Å². The summed E-state index contributed by atoms with van der Waals surface area (Å²) in [4.78, 5) is 24.1. The zero-order valence-electron chi connectivity index (χ0n) is 15.9. The molecule has 0 aliphatic heterocycles. The number of carbonyl (C=O) groups excluding carboxylic acids is 2. The monoisotopic (exact) mass is 432 g/mol. The van der Waals surface area contributed by atoms with Crippen LogP contribution < -0.4 is 11.1 Å². The lowest BCUT2D eigenvalue weighted by Gasteiger charge is -2.18. The molecular weight excluding hydrogens is 414 g/mol. The number of amides is 2. The van der Waals surface area contributed by atoms with Crippen molar-refractivity contribution in [2.45, 2.75) is 38.7 Å². The van der Waals surface area contributed by atoms with Crippen LogP contribution in [0, 0.1) is 13.8 Å². The smallest absolute Gasteiger partial charge is 0.368 e. The molecule has 162 valence electrons. The maximum absolute atomic E-state index is 13.0. The lowest BCUT2D eigenvalue weighted by molar-refractivity contribution is -0.143. The number of rotatable bonds is 5. The molecule has 0 heterocycles. The molecule has 3 N–H and O–H groups in total. The van der Waals surface area contributed by atoms with Crippen LogP contribution in [-0.2, 0) is 23.6 Å².